The normalized spacial score (nSPS) is 13.4. The topological polar surface area (TPSA) is 62.5 Å². The van der Waals surface area contributed by atoms with Gasteiger partial charge in [-0.25, -0.2) is 4.79 Å². The van der Waals surface area contributed by atoms with Gasteiger partial charge in [0, 0.05) is 23.7 Å². The minimum absolute atomic E-state index is 0.385. The summed E-state index contributed by atoms with van der Waals surface area (Å²) in [5.41, 5.74) is 2.71. The lowest BCUT2D eigenvalue weighted by atomic mass is 10.0. The third-order valence-corrected chi connectivity index (χ3v) is 3.32. The van der Waals surface area contributed by atoms with Gasteiger partial charge in [0.05, 0.1) is 5.52 Å². The summed E-state index contributed by atoms with van der Waals surface area (Å²) in [6, 6.07) is 8.86. The fraction of sp³-hybridized carbons (Fsp3) is 0.312. The van der Waals surface area contributed by atoms with Crippen LogP contribution in [0.25, 0.3) is 10.9 Å². The second kappa shape index (κ2) is 6.28. The number of aromatic nitrogens is 1. The van der Waals surface area contributed by atoms with Crippen LogP contribution in [-0.2, 0) is 11.2 Å². The summed E-state index contributed by atoms with van der Waals surface area (Å²) in [7, 11) is 0. The van der Waals surface area contributed by atoms with E-state index in [-0.39, 0.29) is 0 Å². The fourth-order valence-corrected chi connectivity index (χ4v) is 2.10. The smallest absolute Gasteiger partial charge is 0.328 e. The highest BCUT2D eigenvalue weighted by Crippen LogP contribution is 2.19. The Bertz CT molecular complexity index is 644. The largest absolute Gasteiger partial charge is 0.480 e. The van der Waals surface area contributed by atoms with E-state index in [9.17, 15) is 9.90 Å². The second-order valence-corrected chi connectivity index (χ2v) is 4.76. The third kappa shape index (κ3) is 3.20. The molecule has 1 unspecified atom stereocenters. The molecular formula is C16H18N2O2. The first-order chi connectivity index (χ1) is 9.61. The summed E-state index contributed by atoms with van der Waals surface area (Å²) >= 11 is 0. The summed E-state index contributed by atoms with van der Waals surface area (Å²) < 4.78 is 0. The van der Waals surface area contributed by atoms with E-state index < -0.39 is 12.0 Å². The number of fused-ring (bicyclic) bond motifs is 1. The van der Waals surface area contributed by atoms with Crippen LogP contribution in [0, 0.1) is 0 Å². The van der Waals surface area contributed by atoms with Gasteiger partial charge in [-0.3, -0.25) is 9.98 Å². The molecule has 1 aromatic heterocycles. The van der Waals surface area contributed by atoms with Crippen LogP contribution in [0.1, 0.15) is 25.8 Å². The molecule has 2 aromatic rings. The van der Waals surface area contributed by atoms with Gasteiger partial charge in [0.25, 0.3) is 0 Å². The van der Waals surface area contributed by atoms with Crippen molar-refractivity contribution in [2.45, 2.75) is 32.7 Å². The van der Waals surface area contributed by atoms with Gasteiger partial charge in [-0.05, 0) is 31.0 Å². The molecule has 0 saturated carbocycles. The molecule has 0 fully saturated rings. The first-order valence-corrected chi connectivity index (χ1v) is 6.70. The first-order valence-electron chi connectivity index (χ1n) is 6.70. The highest BCUT2D eigenvalue weighted by atomic mass is 16.4. The molecule has 1 atom stereocenters. The maximum Gasteiger partial charge on any atom is 0.328 e. The van der Waals surface area contributed by atoms with Crippen LogP contribution in [0.4, 0.5) is 0 Å². The number of carboxylic acids is 1. The van der Waals surface area contributed by atoms with Crippen molar-refractivity contribution >= 4 is 22.6 Å². The van der Waals surface area contributed by atoms with E-state index in [0.717, 1.165) is 28.6 Å². The zero-order valence-corrected chi connectivity index (χ0v) is 11.7. The minimum Gasteiger partial charge on any atom is -0.480 e. The van der Waals surface area contributed by atoms with Crippen molar-refractivity contribution in [2.24, 2.45) is 4.99 Å². The number of nitrogens with zero attached hydrogens (tertiary/aromatic N) is 2. The number of hydrogen-bond donors (Lipinski definition) is 1. The lowest BCUT2D eigenvalue weighted by molar-refractivity contribution is -0.138. The van der Waals surface area contributed by atoms with E-state index in [1.54, 1.807) is 6.20 Å². The summed E-state index contributed by atoms with van der Waals surface area (Å²) in [4.78, 5) is 19.9. The maximum absolute atomic E-state index is 11.4. The van der Waals surface area contributed by atoms with Crippen molar-refractivity contribution in [1.82, 2.24) is 4.98 Å². The zero-order chi connectivity index (χ0) is 14.5. The van der Waals surface area contributed by atoms with Crippen LogP contribution in [0.15, 0.2) is 41.5 Å². The highest BCUT2D eigenvalue weighted by Gasteiger charge is 2.18. The van der Waals surface area contributed by atoms with Crippen molar-refractivity contribution < 1.29 is 9.90 Å². The molecule has 0 bridgehead atoms. The zero-order valence-electron chi connectivity index (χ0n) is 11.7. The number of aliphatic carboxylic acids is 1. The van der Waals surface area contributed by atoms with Crippen molar-refractivity contribution in [3.63, 3.8) is 0 Å². The Hall–Kier alpha value is -2.23. The molecule has 0 saturated heterocycles. The van der Waals surface area contributed by atoms with Gasteiger partial charge >= 0.3 is 5.97 Å². The van der Waals surface area contributed by atoms with Crippen molar-refractivity contribution in [1.29, 1.82) is 0 Å². The molecule has 0 amide bonds. The molecule has 0 radical (unpaired) electrons. The van der Waals surface area contributed by atoms with Gasteiger partial charge in [0.2, 0.25) is 0 Å². The fourth-order valence-electron chi connectivity index (χ4n) is 2.10. The number of benzene rings is 1. The summed E-state index contributed by atoms with van der Waals surface area (Å²) in [5.74, 6) is -0.890. The Labute approximate surface area is 118 Å². The molecule has 104 valence electrons. The van der Waals surface area contributed by atoms with Crippen LogP contribution in [0.5, 0.6) is 0 Å². The molecule has 4 nitrogen and oxygen atoms in total. The van der Waals surface area contributed by atoms with E-state index in [2.05, 4.69) is 9.98 Å². The monoisotopic (exact) mass is 270 g/mol. The molecule has 20 heavy (non-hydrogen) atoms. The predicted octanol–water partition coefficient (Wildman–Crippen LogP) is 3.10. The number of pyridine rings is 1. The van der Waals surface area contributed by atoms with Gasteiger partial charge < -0.3 is 5.11 Å². The van der Waals surface area contributed by atoms with Crippen LogP contribution in [0.2, 0.25) is 0 Å². The average Bonchev–Trinajstić information content (AvgIpc) is 2.46. The lowest BCUT2D eigenvalue weighted by Gasteiger charge is -2.11. The van der Waals surface area contributed by atoms with Crippen molar-refractivity contribution in [3.05, 3.63) is 42.1 Å². The molecular weight excluding hydrogens is 252 g/mol. The molecule has 0 spiro atoms. The lowest BCUT2D eigenvalue weighted by Crippen LogP contribution is -2.22. The van der Waals surface area contributed by atoms with Crippen LogP contribution >= 0.6 is 0 Å². The highest BCUT2D eigenvalue weighted by molar-refractivity contribution is 5.87. The molecule has 1 N–H and O–H groups in total. The Morgan fingerprint density at radius 2 is 2.15 bits per heavy atom. The van der Waals surface area contributed by atoms with Gasteiger partial charge in [0.15, 0.2) is 6.04 Å². The van der Waals surface area contributed by atoms with Gasteiger partial charge in [-0.15, -0.1) is 0 Å². The van der Waals surface area contributed by atoms with E-state index in [1.165, 1.54) is 0 Å². The van der Waals surface area contributed by atoms with Crippen molar-refractivity contribution in [3.8, 4) is 0 Å². The van der Waals surface area contributed by atoms with E-state index in [1.807, 2.05) is 44.2 Å². The maximum atomic E-state index is 11.4. The summed E-state index contributed by atoms with van der Waals surface area (Å²) in [6.45, 7) is 3.83. The molecule has 1 aromatic carbocycles. The minimum atomic E-state index is -0.890. The molecule has 0 aliphatic carbocycles. The number of carbonyl (C=O) groups is 1. The predicted molar refractivity (Wildman–Crippen MR) is 80.3 cm³/mol. The van der Waals surface area contributed by atoms with Crippen LogP contribution < -0.4 is 0 Å². The van der Waals surface area contributed by atoms with E-state index in [0.29, 0.717) is 6.42 Å². The Kier molecular flexibility index (Phi) is 4.45. The van der Waals surface area contributed by atoms with Crippen LogP contribution in [0.3, 0.4) is 0 Å². The molecule has 0 aliphatic rings. The molecule has 0 aliphatic heterocycles. The number of hydrogen-bond acceptors (Lipinski definition) is 3. The number of carboxylic acid groups (broad SMARTS) is 1. The summed E-state index contributed by atoms with van der Waals surface area (Å²) in [6.07, 6.45) is 2.89. The second-order valence-electron chi connectivity index (χ2n) is 4.76. The van der Waals surface area contributed by atoms with Gasteiger partial charge in [0.1, 0.15) is 0 Å². The quantitative estimate of drug-likeness (QED) is 0.849. The SMILES string of the molecule is CCC(C)=NC(Cc1cccc2ncccc12)C(=O)O. The number of rotatable bonds is 5. The molecule has 4 heteroatoms. The molecule has 1 heterocycles. The van der Waals surface area contributed by atoms with Gasteiger partial charge in [-0.2, -0.15) is 0 Å². The Morgan fingerprint density at radius 3 is 2.85 bits per heavy atom. The van der Waals surface area contributed by atoms with Crippen LogP contribution in [-0.4, -0.2) is 27.8 Å². The first kappa shape index (κ1) is 14.2. The average molecular weight is 270 g/mol. The molecule has 2 rings (SSSR count). The van der Waals surface area contributed by atoms with Gasteiger partial charge in [-0.1, -0.05) is 25.1 Å². The van der Waals surface area contributed by atoms with E-state index in [4.69, 9.17) is 0 Å². The number of aliphatic imine (C=N–C) groups is 1. The van der Waals surface area contributed by atoms with Crippen molar-refractivity contribution in [2.75, 3.05) is 0 Å². The third-order valence-electron chi connectivity index (χ3n) is 3.32. The Morgan fingerprint density at radius 1 is 1.35 bits per heavy atom. The van der Waals surface area contributed by atoms with E-state index >= 15 is 0 Å². The Balaban J connectivity index is 2.36. The standard InChI is InChI=1S/C16H18N2O2/c1-3-11(2)18-15(16(19)20)10-12-6-4-8-14-13(12)7-5-9-17-14/h4-9,15H,3,10H2,1-2H3,(H,19,20). The summed E-state index contributed by atoms with van der Waals surface area (Å²) in [5, 5.41) is 10.3.